The van der Waals surface area contributed by atoms with E-state index in [0.717, 1.165) is 0 Å². The highest BCUT2D eigenvalue weighted by Crippen LogP contribution is 2.16. The smallest absolute Gasteiger partial charge is 0.255 e. The summed E-state index contributed by atoms with van der Waals surface area (Å²) in [5, 5.41) is 9.28. The van der Waals surface area contributed by atoms with Gasteiger partial charge in [0.15, 0.2) is 0 Å². The Hall–Kier alpha value is -1.32. The van der Waals surface area contributed by atoms with E-state index in [1.54, 1.807) is 30.3 Å². The second kappa shape index (κ2) is 6.30. The molecule has 1 amide bonds. The van der Waals surface area contributed by atoms with Crippen molar-refractivity contribution in [3.63, 3.8) is 0 Å². The van der Waals surface area contributed by atoms with Gasteiger partial charge in [0.05, 0.1) is 17.2 Å². The second-order valence-corrected chi connectivity index (χ2v) is 3.65. The van der Waals surface area contributed by atoms with Crippen LogP contribution in [0.2, 0.25) is 5.02 Å². The van der Waals surface area contributed by atoms with E-state index in [-0.39, 0.29) is 19.1 Å². The molecule has 0 bridgehead atoms. The molecule has 0 radical (unpaired) electrons. The monoisotopic (exact) mass is 239 g/mol. The Kier molecular flexibility index (Phi) is 5.02. The average molecular weight is 240 g/mol. The summed E-state index contributed by atoms with van der Waals surface area (Å²) in [6.07, 6.45) is 1.62. The Morgan fingerprint density at radius 1 is 1.50 bits per heavy atom. The minimum absolute atomic E-state index is 0.0793. The van der Waals surface area contributed by atoms with Gasteiger partial charge in [0.1, 0.15) is 0 Å². The molecule has 1 rings (SSSR count). The van der Waals surface area contributed by atoms with Crippen LogP contribution in [0.1, 0.15) is 10.4 Å². The topological polar surface area (TPSA) is 40.5 Å². The molecule has 1 aromatic carbocycles. The molecule has 1 aromatic rings. The van der Waals surface area contributed by atoms with Crippen molar-refractivity contribution in [3.05, 3.63) is 47.5 Å². The van der Waals surface area contributed by atoms with Crippen LogP contribution in [-0.4, -0.2) is 35.6 Å². The largest absolute Gasteiger partial charge is 0.395 e. The number of benzene rings is 1. The van der Waals surface area contributed by atoms with Crippen LogP contribution >= 0.6 is 11.6 Å². The lowest BCUT2D eigenvalue weighted by molar-refractivity contribution is 0.0743. The Bertz CT molecular complexity index is 379. The van der Waals surface area contributed by atoms with Crippen LogP contribution in [0.3, 0.4) is 0 Å². The zero-order valence-electron chi connectivity index (χ0n) is 8.90. The number of amides is 1. The Balaban J connectivity index is 2.89. The van der Waals surface area contributed by atoms with Crippen molar-refractivity contribution < 1.29 is 9.90 Å². The third-order valence-corrected chi connectivity index (χ3v) is 2.44. The summed E-state index contributed by atoms with van der Waals surface area (Å²) in [4.78, 5) is 13.5. The van der Waals surface area contributed by atoms with Gasteiger partial charge < -0.3 is 10.0 Å². The molecule has 0 aliphatic heterocycles. The number of hydrogen-bond donors (Lipinski definition) is 1. The third-order valence-electron chi connectivity index (χ3n) is 2.11. The summed E-state index contributed by atoms with van der Waals surface area (Å²) in [5.74, 6) is -0.195. The quantitative estimate of drug-likeness (QED) is 0.798. The highest BCUT2D eigenvalue weighted by molar-refractivity contribution is 6.33. The Morgan fingerprint density at radius 3 is 2.75 bits per heavy atom. The number of halogens is 1. The lowest BCUT2D eigenvalue weighted by Crippen LogP contribution is -2.33. The highest BCUT2D eigenvalue weighted by atomic mass is 35.5. The maximum atomic E-state index is 12.0. The van der Waals surface area contributed by atoms with Gasteiger partial charge in [0.2, 0.25) is 0 Å². The number of aliphatic hydroxyl groups is 1. The van der Waals surface area contributed by atoms with Gasteiger partial charge in [-0.15, -0.1) is 6.58 Å². The molecule has 4 heteroatoms. The first-order chi connectivity index (χ1) is 7.70. The molecule has 0 atom stereocenters. The van der Waals surface area contributed by atoms with E-state index in [1.807, 2.05) is 0 Å². The molecule has 0 aliphatic carbocycles. The van der Waals surface area contributed by atoms with Gasteiger partial charge in [-0.2, -0.15) is 0 Å². The molecule has 16 heavy (non-hydrogen) atoms. The summed E-state index contributed by atoms with van der Waals surface area (Å²) in [6.45, 7) is 4.16. The minimum Gasteiger partial charge on any atom is -0.395 e. The fraction of sp³-hybridized carbons (Fsp3) is 0.250. The fourth-order valence-corrected chi connectivity index (χ4v) is 1.57. The first-order valence-corrected chi connectivity index (χ1v) is 5.34. The lowest BCUT2D eigenvalue weighted by atomic mass is 10.2. The molecule has 1 N–H and O–H groups in total. The number of nitrogens with zero attached hydrogens (tertiary/aromatic N) is 1. The highest BCUT2D eigenvalue weighted by Gasteiger charge is 2.16. The Labute approximate surface area is 100.0 Å². The molecular formula is C12H14ClNO2. The van der Waals surface area contributed by atoms with Crippen LogP contribution in [0.25, 0.3) is 0 Å². The minimum atomic E-state index is -0.195. The predicted molar refractivity (Wildman–Crippen MR) is 64.6 cm³/mol. The first-order valence-electron chi connectivity index (χ1n) is 4.96. The van der Waals surface area contributed by atoms with Crippen molar-refractivity contribution in [2.75, 3.05) is 19.7 Å². The van der Waals surface area contributed by atoms with Gasteiger partial charge >= 0.3 is 0 Å². The summed E-state index contributed by atoms with van der Waals surface area (Å²) in [5.41, 5.74) is 0.444. The van der Waals surface area contributed by atoms with Crippen LogP contribution < -0.4 is 0 Å². The standard InChI is InChI=1S/C12H14ClNO2/c1-2-7-14(8-9-15)12(16)10-5-3-4-6-11(10)13/h2-6,15H,1,7-9H2. The van der Waals surface area contributed by atoms with Crippen LogP contribution in [0.15, 0.2) is 36.9 Å². The summed E-state index contributed by atoms with van der Waals surface area (Å²) in [7, 11) is 0. The molecule has 86 valence electrons. The van der Waals surface area contributed by atoms with Crippen molar-refractivity contribution in [2.45, 2.75) is 0 Å². The fourth-order valence-electron chi connectivity index (χ4n) is 1.36. The molecule has 0 spiro atoms. The van der Waals surface area contributed by atoms with E-state index in [1.165, 1.54) is 4.90 Å². The van der Waals surface area contributed by atoms with E-state index in [0.29, 0.717) is 17.1 Å². The van der Waals surface area contributed by atoms with E-state index < -0.39 is 0 Å². The van der Waals surface area contributed by atoms with Crippen LogP contribution in [0.5, 0.6) is 0 Å². The summed E-state index contributed by atoms with van der Waals surface area (Å²) in [6, 6.07) is 6.85. The number of hydrogen-bond acceptors (Lipinski definition) is 2. The lowest BCUT2D eigenvalue weighted by Gasteiger charge is -2.20. The van der Waals surface area contributed by atoms with Crippen molar-refractivity contribution in [1.82, 2.24) is 4.90 Å². The SMILES string of the molecule is C=CCN(CCO)C(=O)c1ccccc1Cl. The zero-order chi connectivity index (χ0) is 12.0. The molecule has 0 heterocycles. The van der Waals surface area contributed by atoms with Crippen LogP contribution in [0, 0.1) is 0 Å². The molecule has 0 unspecified atom stereocenters. The maximum Gasteiger partial charge on any atom is 0.255 e. The molecule has 0 aromatic heterocycles. The maximum absolute atomic E-state index is 12.0. The molecular weight excluding hydrogens is 226 g/mol. The average Bonchev–Trinajstić information content (AvgIpc) is 2.28. The van der Waals surface area contributed by atoms with Gasteiger partial charge in [0, 0.05) is 13.1 Å². The van der Waals surface area contributed by atoms with Gasteiger partial charge in [-0.1, -0.05) is 29.8 Å². The number of carbonyl (C=O) groups excluding carboxylic acids is 1. The van der Waals surface area contributed by atoms with E-state index in [2.05, 4.69) is 6.58 Å². The van der Waals surface area contributed by atoms with Gasteiger partial charge in [-0.05, 0) is 12.1 Å². The van der Waals surface area contributed by atoms with E-state index in [9.17, 15) is 4.79 Å². The van der Waals surface area contributed by atoms with Crippen molar-refractivity contribution in [3.8, 4) is 0 Å². The molecule has 3 nitrogen and oxygen atoms in total. The van der Waals surface area contributed by atoms with E-state index in [4.69, 9.17) is 16.7 Å². The van der Waals surface area contributed by atoms with Crippen molar-refractivity contribution in [2.24, 2.45) is 0 Å². The van der Waals surface area contributed by atoms with Gasteiger partial charge in [-0.25, -0.2) is 0 Å². The first kappa shape index (κ1) is 12.7. The van der Waals surface area contributed by atoms with Crippen LogP contribution in [0.4, 0.5) is 0 Å². The van der Waals surface area contributed by atoms with Crippen molar-refractivity contribution in [1.29, 1.82) is 0 Å². The predicted octanol–water partition coefficient (Wildman–Crippen LogP) is 1.96. The number of carbonyl (C=O) groups is 1. The molecule has 0 fully saturated rings. The molecule has 0 saturated carbocycles. The summed E-state index contributed by atoms with van der Waals surface area (Å²) >= 11 is 5.93. The van der Waals surface area contributed by atoms with Crippen LogP contribution in [-0.2, 0) is 0 Å². The normalized spacial score (nSPS) is 9.88. The van der Waals surface area contributed by atoms with Crippen molar-refractivity contribution >= 4 is 17.5 Å². The second-order valence-electron chi connectivity index (χ2n) is 3.24. The number of rotatable bonds is 5. The molecule has 0 saturated heterocycles. The van der Waals surface area contributed by atoms with E-state index >= 15 is 0 Å². The van der Waals surface area contributed by atoms with Gasteiger partial charge in [-0.3, -0.25) is 4.79 Å². The summed E-state index contributed by atoms with van der Waals surface area (Å²) < 4.78 is 0. The third kappa shape index (κ3) is 3.08. The van der Waals surface area contributed by atoms with Gasteiger partial charge in [0.25, 0.3) is 5.91 Å². The zero-order valence-corrected chi connectivity index (χ0v) is 9.65. The number of aliphatic hydroxyl groups excluding tert-OH is 1. The molecule has 0 aliphatic rings. The Morgan fingerprint density at radius 2 is 2.19 bits per heavy atom.